The van der Waals surface area contributed by atoms with Crippen LogP contribution in [0.25, 0.3) is 0 Å². The highest BCUT2D eigenvalue weighted by Crippen LogP contribution is 2.23. The summed E-state index contributed by atoms with van der Waals surface area (Å²) in [6, 6.07) is 7.55. The molecule has 1 heterocycles. The van der Waals surface area contributed by atoms with Gasteiger partial charge in [-0.2, -0.15) is 0 Å². The van der Waals surface area contributed by atoms with Gasteiger partial charge in [-0.25, -0.2) is 0 Å². The fraction of sp³-hybridized carbons (Fsp3) is 0.200. The van der Waals surface area contributed by atoms with Crippen LogP contribution < -0.4 is 10.6 Å². The molecule has 0 unspecified atom stereocenters. The molecule has 0 aliphatic carbocycles. The third-order valence-electron chi connectivity index (χ3n) is 2.81. The molecule has 5 nitrogen and oxygen atoms in total. The summed E-state index contributed by atoms with van der Waals surface area (Å²) in [6.07, 6.45) is 0.811. The average Bonchev–Trinajstić information content (AvgIpc) is 2.91. The summed E-state index contributed by atoms with van der Waals surface area (Å²) in [7, 11) is 0. The van der Waals surface area contributed by atoms with Gasteiger partial charge in [0.05, 0.1) is 11.3 Å². The number of hydrogen-bond donors (Lipinski definition) is 2. The zero-order chi connectivity index (χ0) is 16.1. The summed E-state index contributed by atoms with van der Waals surface area (Å²) in [5.74, 6) is -0.755. The molecule has 1 aromatic carbocycles. The first-order valence-corrected chi connectivity index (χ1v) is 7.41. The van der Waals surface area contributed by atoms with Gasteiger partial charge in [0.15, 0.2) is 11.0 Å². The number of hydrogen-bond acceptors (Lipinski definition) is 3. The SMILES string of the molecule is CCCNC(=O)c1ccc(Cl)cc1NC(=O)c1ccc(Cl)o1. The second-order valence-electron chi connectivity index (χ2n) is 4.50. The van der Waals surface area contributed by atoms with Gasteiger partial charge in [0.2, 0.25) is 0 Å². The van der Waals surface area contributed by atoms with E-state index in [1.165, 1.54) is 18.2 Å². The number of furan rings is 1. The molecule has 2 N–H and O–H groups in total. The van der Waals surface area contributed by atoms with Gasteiger partial charge in [-0.3, -0.25) is 9.59 Å². The predicted octanol–water partition coefficient (Wildman–Crippen LogP) is 3.98. The van der Waals surface area contributed by atoms with E-state index in [2.05, 4.69) is 10.6 Å². The predicted molar refractivity (Wildman–Crippen MR) is 85.7 cm³/mol. The second kappa shape index (κ2) is 7.33. The summed E-state index contributed by atoms with van der Waals surface area (Å²) >= 11 is 11.6. The van der Waals surface area contributed by atoms with Crippen molar-refractivity contribution < 1.29 is 14.0 Å². The first-order valence-electron chi connectivity index (χ1n) is 6.65. The van der Waals surface area contributed by atoms with Crippen LogP contribution >= 0.6 is 23.2 Å². The molecule has 0 spiro atoms. The van der Waals surface area contributed by atoms with E-state index < -0.39 is 5.91 Å². The molecule has 0 aliphatic rings. The summed E-state index contributed by atoms with van der Waals surface area (Å²) in [5.41, 5.74) is 0.627. The standard InChI is InChI=1S/C15H14Cl2N2O3/c1-2-7-18-14(20)10-4-3-9(16)8-11(10)19-15(21)12-5-6-13(17)22-12/h3-6,8H,2,7H2,1H3,(H,18,20)(H,19,21). The minimum absolute atomic E-state index is 0.0462. The lowest BCUT2D eigenvalue weighted by atomic mass is 10.1. The Kier molecular flexibility index (Phi) is 5.46. The van der Waals surface area contributed by atoms with Crippen LogP contribution in [-0.4, -0.2) is 18.4 Å². The number of carbonyl (C=O) groups excluding carboxylic acids is 2. The van der Waals surface area contributed by atoms with E-state index in [1.807, 2.05) is 6.92 Å². The molecule has 0 atom stereocenters. The number of rotatable bonds is 5. The van der Waals surface area contributed by atoms with E-state index in [-0.39, 0.29) is 16.9 Å². The summed E-state index contributed by atoms with van der Waals surface area (Å²) in [6.45, 7) is 2.49. The maximum atomic E-state index is 12.1. The van der Waals surface area contributed by atoms with Gasteiger partial charge >= 0.3 is 0 Å². The molecule has 0 saturated heterocycles. The monoisotopic (exact) mass is 340 g/mol. The highest BCUT2D eigenvalue weighted by Gasteiger charge is 2.16. The molecule has 116 valence electrons. The fourth-order valence-corrected chi connectivity index (χ4v) is 2.09. The lowest BCUT2D eigenvalue weighted by Gasteiger charge is -2.11. The molecule has 2 aromatic rings. The molecule has 0 fully saturated rings. The molecular formula is C15H14Cl2N2O3. The highest BCUT2D eigenvalue weighted by atomic mass is 35.5. The topological polar surface area (TPSA) is 71.3 Å². The van der Waals surface area contributed by atoms with E-state index >= 15 is 0 Å². The molecule has 7 heteroatoms. The van der Waals surface area contributed by atoms with Crippen molar-refractivity contribution >= 4 is 40.7 Å². The number of benzene rings is 1. The Morgan fingerprint density at radius 2 is 1.91 bits per heavy atom. The summed E-state index contributed by atoms with van der Waals surface area (Å²) in [4.78, 5) is 24.2. The first kappa shape index (κ1) is 16.4. The molecule has 1 aromatic heterocycles. The maximum absolute atomic E-state index is 12.1. The van der Waals surface area contributed by atoms with E-state index in [4.69, 9.17) is 27.6 Å². The number of carbonyl (C=O) groups is 2. The summed E-state index contributed by atoms with van der Waals surface area (Å²) < 4.78 is 5.03. The van der Waals surface area contributed by atoms with Crippen LogP contribution in [0.15, 0.2) is 34.7 Å². The molecule has 22 heavy (non-hydrogen) atoms. The van der Waals surface area contributed by atoms with Crippen LogP contribution in [0.2, 0.25) is 10.2 Å². The van der Waals surface area contributed by atoms with Gasteiger partial charge in [0.25, 0.3) is 11.8 Å². The Morgan fingerprint density at radius 1 is 1.14 bits per heavy atom. The first-order chi connectivity index (χ1) is 10.5. The van der Waals surface area contributed by atoms with Gasteiger partial charge in [-0.15, -0.1) is 0 Å². The zero-order valence-electron chi connectivity index (χ0n) is 11.8. The Labute approximate surface area is 137 Å². The van der Waals surface area contributed by atoms with Gasteiger partial charge in [0, 0.05) is 11.6 Å². The third-order valence-corrected chi connectivity index (χ3v) is 3.25. The molecule has 0 aliphatic heterocycles. The van der Waals surface area contributed by atoms with Gasteiger partial charge in [-0.1, -0.05) is 18.5 Å². The quantitative estimate of drug-likeness (QED) is 0.864. The van der Waals surface area contributed by atoms with Crippen molar-refractivity contribution in [2.75, 3.05) is 11.9 Å². The molecule has 2 amide bonds. The van der Waals surface area contributed by atoms with Crippen molar-refractivity contribution in [1.82, 2.24) is 5.32 Å². The van der Waals surface area contributed by atoms with Crippen LogP contribution in [0.4, 0.5) is 5.69 Å². The van der Waals surface area contributed by atoms with E-state index in [0.717, 1.165) is 6.42 Å². The van der Waals surface area contributed by atoms with Crippen molar-refractivity contribution in [2.45, 2.75) is 13.3 Å². The molecular weight excluding hydrogens is 327 g/mol. The van der Waals surface area contributed by atoms with Crippen molar-refractivity contribution in [2.24, 2.45) is 0 Å². The molecule has 0 radical (unpaired) electrons. The summed E-state index contributed by atoms with van der Waals surface area (Å²) in [5, 5.41) is 5.86. The lowest BCUT2D eigenvalue weighted by molar-refractivity contribution is 0.0954. The molecule has 0 bridgehead atoms. The molecule has 0 saturated carbocycles. The maximum Gasteiger partial charge on any atom is 0.291 e. The van der Waals surface area contributed by atoms with Gasteiger partial charge in [-0.05, 0) is 48.4 Å². The third kappa shape index (κ3) is 4.02. The van der Waals surface area contributed by atoms with Gasteiger partial charge < -0.3 is 15.1 Å². The second-order valence-corrected chi connectivity index (χ2v) is 5.31. The fourth-order valence-electron chi connectivity index (χ4n) is 1.77. The average molecular weight is 341 g/mol. The van der Waals surface area contributed by atoms with Crippen LogP contribution in [0.3, 0.4) is 0 Å². The minimum Gasteiger partial charge on any atom is -0.440 e. The van der Waals surface area contributed by atoms with E-state index in [0.29, 0.717) is 22.8 Å². The zero-order valence-corrected chi connectivity index (χ0v) is 13.3. The molecule has 2 rings (SSSR count). The minimum atomic E-state index is -0.515. The number of anilines is 1. The largest absolute Gasteiger partial charge is 0.440 e. The smallest absolute Gasteiger partial charge is 0.291 e. The normalized spacial score (nSPS) is 10.3. The van der Waals surface area contributed by atoms with Crippen molar-refractivity contribution in [3.05, 3.63) is 51.9 Å². The van der Waals surface area contributed by atoms with Crippen LogP contribution in [0, 0.1) is 0 Å². The van der Waals surface area contributed by atoms with Gasteiger partial charge in [0.1, 0.15) is 0 Å². The van der Waals surface area contributed by atoms with Crippen LogP contribution in [0.5, 0.6) is 0 Å². The number of nitrogens with one attached hydrogen (secondary N) is 2. The number of amides is 2. The van der Waals surface area contributed by atoms with Crippen molar-refractivity contribution in [1.29, 1.82) is 0 Å². The van der Waals surface area contributed by atoms with Crippen molar-refractivity contribution in [3.8, 4) is 0 Å². The van der Waals surface area contributed by atoms with Crippen LogP contribution in [0.1, 0.15) is 34.3 Å². The Balaban J connectivity index is 2.23. The van der Waals surface area contributed by atoms with Crippen LogP contribution in [-0.2, 0) is 0 Å². The van der Waals surface area contributed by atoms with Crippen molar-refractivity contribution in [3.63, 3.8) is 0 Å². The lowest BCUT2D eigenvalue weighted by Crippen LogP contribution is -2.25. The van der Waals surface area contributed by atoms with E-state index in [9.17, 15) is 9.59 Å². The Bertz CT molecular complexity index is 698. The number of halogens is 2. The van der Waals surface area contributed by atoms with E-state index in [1.54, 1.807) is 12.1 Å². The Morgan fingerprint density at radius 3 is 2.55 bits per heavy atom. The highest BCUT2D eigenvalue weighted by molar-refractivity contribution is 6.31. The Hall–Kier alpha value is -1.98.